The van der Waals surface area contributed by atoms with E-state index >= 15 is 0 Å². The van der Waals surface area contributed by atoms with Crippen molar-refractivity contribution in [2.75, 3.05) is 31.1 Å². The number of rotatable bonds is 4. The number of anilines is 1. The zero-order valence-electron chi connectivity index (χ0n) is 11.7. The van der Waals surface area contributed by atoms with E-state index in [1.54, 1.807) is 0 Å². The molecule has 0 N–H and O–H groups in total. The van der Waals surface area contributed by atoms with E-state index in [1.165, 1.54) is 12.1 Å². The Labute approximate surface area is 120 Å². The van der Waals surface area contributed by atoms with Crippen LogP contribution in [0.4, 0.5) is 11.4 Å². The minimum Gasteiger partial charge on any atom is -0.369 e. The van der Waals surface area contributed by atoms with E-state index in [0.717, 1.165) is 31.9 Å². The number of aliphatic imine (C=N–C) groups is 1. The quantitative estimate of drug-likeness (QED) is 0.620. The highest BCUT2D eigenvalue weighted by molar-refractivity contribution is 7.78. The Kier molecular flexibility index (Phi) is 5.08. The molecule has 1 unspecified atom stereocenters. The zero-order valence-corrected chi connectivity index (χ0v) is 12.5. The van der Waals surface area contributed by atoms with Crippen molar-refractivity contribution in [3.63, 3.8) is 0 Å². The molecule has 0 saturated carbocycles. The molecule has 1 fully saturated rings. The Balaban J connectivity index is 1.95. The normalized spacial score (nSPS) is 17.9. The number of hydrogen-bond donors (Lipinski definition) is 0. The van der Waals surface area contributed by atoms with Crippen LogP contribution in [0.5, 0.6) is 0 Å². The molecule has 1 aliphatic heterocycles. The van der Waals surface area contributed by atoms with E-state index < -0.39 is 0 Å². The first-order valence-electron chi connectivity index (χ1n) is 6.91. The largest absolute Gasteiger partial charge is 0.369 e. The molecule has 1 aromatic rings. The smallest absolute Gasteiger partial charge is 0.0741 e. The van der Waals surface area contributed by atoms with Crippen molar-refractivity contribution in [2.24, 2.45) is 4.99 Å². The van der Waals surface area contributed by atoms with Gasteiger partial charge in [-0.05, 0) is 49.8 Å². The first-order chi connectivity index (χ1) is 9.24. The average molecular weight is 275 g/mol. The summed E-state index contributed by atoms with van der Waals surface area (Å²) in [6, 6.07) is 8.92. The molecule has 2 rings (SSSR count). The molecule has 0 aliphatic carbocycles. The van der Waals surface area contributed by atoms with E-state index in [0.29, 0.717) is 6.04 Å². The van der Waals surface area contributed by atoms with E-state index in [9.17, 15) is 0 Å². The van der Waals surface area contributed by atoms with Crippen LogP contribution < -0.4 is 4.90 Å². The number of thiocarbonyl (C=S) groups is 1. The van der Waals surface area contributed by atoms with Gasteiger partial charge in [-0.25, -0.2) is 0 Å². The lowest BCUT2D eigenvalue weighted by molar-refractivity contribution is 0.193. The standard InChI is InChI=1S/C15H21N3S/c1-3-13(2)17-8-10-18(11-9-17)15-6-4-14(5-7-15)16-12-19/h4-7,13H,3,8-11H2,1-2H3. The molecular formula is C15H21N3S. The first-order valence-corrected chi connectivity index (χ1v) is 7.32. The van der Waals surface area contributed by atoms with Gasteiger partial charge in [0.25, 0.3) is 0 Å². The van der Waals surface area contributed by atoms with Crippen molar-refractivity contribution in [1.82, 2.24) is 4.90 Å². The van der Waals surface area contributed by atoms with E-state index in [1.807, 2.05) is 12.1 Å². The van der Waals surface area contributed by atoms with Gasteiger partial charge in [0.05, 0.1) is 10.8 Å². The highest BCUT2D eigenvalue weighted by Crippen LogP contribution is 2.21. The third kappa shape index (κ3) is 3.63. The van der Waals surface area contributed by atoms with Gasteiger partial charge in [0.2, 0.25) is 0 Å². The van der Waals surface area contributed by atoms with Crippen LogP contribution in [0.3, 0.4) is 0 Å². The predicted molar refractivity (Wildman–Crippen MR) is 84.7 cm³/mol. The number of isothiocyanates is 1. The third-order valence-electron chi connectivity index (χ3n) is 3.92. The molecule has 1 aromatic carbocycles. The molecule has 0 spiro atoms. The van der Waals surface area contributed by atoms with Gasteiger partial charge >= 0.3 is 0 Å². The second-order valence-corrected chi connectivity index (χ2v) is 5.18. The second kappa shape index (κ2) is 6.80. The molecule has 1 aliphatic rings. The zero-order chi connectivity index (χ0) is 13.7. The molecular weight excluding hydrogens is 254 g/mol. The van der Waals surface area contributed by atoms with Gasteiger partial charge < -0.3 is 4.90 Å². The molecule has 3 nitrogen and oxygen atoms in total. The second-order valence-electron chi connectivity index (χ2n) is 5.00. The van der Waals surface area contributed by atoms with Crippen molar-refractivity contribution in [2.45, 2.75) is 26.3 Å². The van der Waals surface area contributed by atoms with Gasteiger partial charge in [0.15, 0.2) is 0 Å². The molecule has 0 aromatic heterocycles. The minimum absolute atomic E-state index is 0.696. The highest BCUT2D eigenvalue weighted by atomic mass is 32.1. The average Bonchev–Trinajstić information content (AvgIpc) is 2.48. The predicted octanol–water partition coefficient (Wildman–Crippen LogP) is 3.34. The van der Waals surface area contributed by atoms with E-state index in [4.69, 9.17) is 0 Å². The fourth-order valence-electron chi connectivity index (χ4n) is 2.47. The fourth-order valence-corrected chi connectivity index (χ4v) is 2.58. The van der Waals surface area contributed by atoms with Crippen LogP contribution >= 0.6 is 12.2 Å². The van der Waals surface area contributed by atoms with Gasteiger partial charge in [0, 0.05) is 37.9 Å². The van der Waals surface area contributed by atoms with Crippen LogP contribution in [0.15, 0.2) is 29.3 Å². The van der Waals surface area contributed by atoms with Gasteiger partial charge in [-0.3, -0.25) is 4.90 Å². The molecule has 0 amide bonds. The molecule has 1 atom stereocenters. The summed E-state index contributed by atoms with van der Waals surface area (Å²) in [6.07, 6.45) is 1.23. The summed E-state index contributed by atoms with van der Waals surface area (Å²) in [5.74, 6) is 0. The molecule has 0 bridgehead atoms. The Morgan fingerprint density at radius 2 is 1.84 bits per heavy atom. The van der Waals surface area contributed by atoms with Crippen LogP contribution in [-0.2, 0) is 0 Å². The first kappa shape index (κ1) is 14.2. The number of hydrogen-bond acceptors (Lipinski definition) is 4. The Hall–Kier alpha value is -1.22. The van der Waals surface area contributed by atoms with Crippen LogP contribution in [0, 0.1) is 0 Å². The molecule has 102 valence electrons. The Bertz CT molecular complexity index is 443. The summed E-state index contributed by atoms with van der Waals surface area (Å²) in [6.45, 7) is 9.06. The summed E-state index contributed by atoms with van der Waals surface area (Å²) in [7, 11) is 0. The van der Waals surface area contributed by atoms with Crippen molar-refractivity contribution in [1.29, 1.82) is 0 Å². The van der Waals surface area contributed by atoms with Crippen LogP contribution in [-0.4, -0.2) is 42.3 Å². The van der Waals surface area contributed by atoms with Crippen LogP contribution in [0.2, 0.25) is 0 Å². The summed E-state index contributed by atoms with van der Waals surface area (Å²) in [5.41, 5.74) is 2.14. The van der Waals surface area contributed by atoms with Crippen molar-refractivity contribution >= 4 is 28.8 Å². The highest BCUT2D eigenvalue weighted by Gasteiger charge is 2.19. The summed E-state index contributed by atoms with van der Waals surface area (Å²) < 4.78 is 0. The minimum atomic E-state index is 0.696. The monoisotopic (exact) mass is 275 g/mol. The number of nitrogens with zero attached hydrogens (tertiary/aromatic N) is 3. The summed E-state index contributed by atoms with van der Waals surface area (Å²) in [4.78, 5) is 8.98. The van der Waals surface area contributed by atoms with Gasteiger partial charge in [0.1, 0.15) is 0 Å². The number of benzene rings is 1. The Morgan fingerprint density at radius 1 is 1.21 bits per heavy atom. The lowest BCUT2D eigenvalue weighted by Crippen LogP contribution is -2.49. The number of piperazine rings is 1. The SMILES string of the molecule is CCC(C)N1CCN(c2ccc(N=C=S)cc2)CC1. The van der Waals surface area contributed by atoms with E-state index in [-0.39, 0.29) is 0 Å². The summed E-state index contributed by atoms with van der Waals surface area (Å²) >= 11 is 4.61. The van der Waals surface area contributed by atoms with Crippen LogP contribution in [0.25, 0.3) is 0 Å². The maximum atomic E-state index is 4.61. The maximum absolute atomic E-state index is 4.61. The maximum Gasteiger partial charge on any atom is 0.0741 e. The summed E-state index contributed by atoms with van der Waals surface area (Å²) in [5, 5.41) is 2.40. The Morgan fingerprint density at radius 3 is 2.37 bits per heavy atom. The molecule has 4 heteroatoms. The van der Waals surface area contributed by atoms with E-state index in [2.05, 4.69) is 58.2 Å². The lowest BCUT2D eigenvalue weighted by atomic mass is 10.1. The lowest BCUT2D eigenvalue weighted by Gasteiger charge is -2.39. The van der Waals surface area contributed by atoms with Crippen molar-refractivity contribution in [3.05, 3.63) is 24.3 Å². The molecule has 1 heterocycles. The molecule has 1 saturated heterocycles. The topological polar surface area (TPSA) is 18.8 Å². The molecule has 19 heavy (non-hydrogen) atoms. The van der Waals surface area contributed by atoms with Gasteiger partial charge in [-0.1, -0.05) is 6.92 Å². The van der Waals surface area contributed by atoms with Crippen molar-refractivity contribution < 1.29 is 0 Å². The fraction of sp³-hybridized carbons (Fsp3) is 0.533. The van der Waals surface area contributed by atoms with Crippen LogP contribution in [0.1, 0.15) is 20.3 Å². The van der Waals surface area contributed by atoms with Crippen molar-refractivity contribution in [3.8, 4) is 0 Å². The van der Waals surface area contributed by atoms with Gasteiger partial charge in [-0.15, -0.1) is 0 Å². The van der Waals surface area contributed by atoms with Gasteiger partial charge in [-0.2, -0.15) is 4.99 Å². The third-order valence-corrected chi connectivity index (χ3v) is 4.01. The molecule has 0 radical (unpaired) electrons.